The number of nitrogens with zero attached hydrogens (tertiary/aromatic N) is 3. The molecule has 0 aliphatic carbocycles. The molecule has 7 nitrogen and oxygen atoms in total. The van der Waals surface area contributed by atoms with Crippen LogP contribution in [-0.2, 0) is 27.4 Å². The first kappa shape index (κ1) is 13.9. The molecule has 5 rings (SSSR count). The highest BCUT2D eigenvalue weighted by atomic mass is 32.1. The molecule has 0 aromatic carbocycles. The van der Waals surface area contributed by atoms with Gasteiger partial charge in [-0.25, -0.2) is 9.78 Å². The number of imidazole rings is 1. The maximum absolute atomic E-state index is 12.3. The summed E-state index contributed by atoms with van der Waals surface area (Å²) in [6.07, 6.45) is 6.75. The molecule has 5 heterocycles. The van der Waals surface area contributed by atoms with E-state index in [4.69, 9.17) is 9.84 Å². The molecule has 8 heteroatoms. The number of amides is 1. The molecule has 1 amide bonds. The molecule has 1 N–H and O–H groups in total. The van der Waals surface area contributed by atoms with Gasteiger partial charge < -0.3 is 9.84 Å². The fraction of sp³-hybridized carbons (Fsp3) is 0.312. The number of carbonyl (C=O) groups is 2. The van der Waals surface area contributed by atoms with Crippen LogP contribution < -0.4 is 0 Å². The van der Waals surface area contributed by atoms with Gasteiger partial charge in [0.15, 0.2) is 4.96 Å². The van der Waals surface area contributed by atoms with E-state index in [1.54, 1.807) is 23.5 Å². The summed E-state index contributed by atoms with van der Waals surface area (Å²) in [7, 11) is 0. The summed E-state index contributed by atoms with van der Waals surface area (Å²) in [6, 6.07) is -0.161. The van der Waals surface area contributed by atoms with Gasteiger partial charge in [-0.3, -0.25) is 14.1 Å². The molecule has 0 radical (unpaired) electrons. The number of aliphatic carboxylic acids is 1. The molecule has 1 atom stereocenters. The van der Waals surface area contributed by atoms with Crippen LogP contribution in [0.5, 0.6) is 0 Å². The quantitative estimate of drug-likeness (QED) is 0.659. The maximum atomic E-state index is 12.3. The zero-order valence-electron chi connectivity index (χ0n) is 12.6. The second-order valence-electron chi connectivity index (χ2n) is 6.01. The third-order valence-corrected chi connectivity index (χ3v) is 5.76. The Balaban J connectivity index is 1.47. The van der Waals surface area contributed by atoms with E-state index in [-0.39, 0.29) is 17.6 Å². The van der Waals surface area contributed by atoms with Crippen LogP contribution >= 0.6 is 11.3 Å². The van der Waals surface area contributed by atoms with Crippen molar-refractivity contribution in [3.63, 3.8) is 0 Å². The number of carboxylic acids is 1. The number of thiazole rings is 1. The molecule has 0 bridgehead atoms. The SMILES string of the molecule is O=C(O)C1=CCC2C(=Cc3cn4c5c(sc4n3)COCC5)C(=O)N12. The van der Waals surface area contributed by atoms with Crippen molar-refractivity contribution in [3.05, 3.63) is 39.8 Å². The summed E-state index contributed by atoms with van der Waals surface area (Å²) < 4.78 is 7.54. The maximum Gasteiger partial charge on any atom is 0.352 e. The van der Waals surface area contributed by atoms with Crippen LogP contribution in [0.15, 0.2) is 23.5 Å². The van der Waals surface area contributed by atoms with E-state index in [9.17, 15) is 9.59 Å². The molecule has 1 saturated heterocycles. The first-order chi connectivity index (χ1) is 11.6. The second kappa shape index (κ2) is 4.78. The van der Waals surface area contributed by atoms with Crippen molar-refractivity contribution >= 4 is 34.3 Å². The number of rotatable bonds is 2. The highest BCUT2D eigenvalue weighted by Gasteiger charge is 2.48. The Bertz CT molecular complexity index is 968. The number of fused-ring (bicyclic) bond motifs is 4. The van der Waals surface area contributed by atoms with Crippen molar-refractivity contribution in [2.45, 2.75) is 25.5 Å². The summed E-state index contributed by atoms with van der Waals surface area (Å²) in [4.78, 5) is 31.4. The minimum Gasteiger partial charge on any atom is -0.477 e. The Morgan fingerprint density at radius 3 is 3.21 bits per heavy atom. The number of carboxylic acid groups (broad SMARTS) is 1. The average Bonchev–Trinajstić information content (AvgIpc) is 3.22. The number of hydrogen-bond acceptors (Lipinski definition) is 5. The molecule has 1 fully saturated rings. The summed E-state index contributed by atoms with van der Waals surface area (Å²) >= 11 is 1.61. The van der Waals surface area contributed by atoms with Crippen molar-refractivity contribution in [1.29, 1.82) is 0 Å². The number of aromatic nitrogens is 2. The van der Waals surface area contributed by atoms with Crippen molar-refractivity contribution in [1.82, 2.24) is 14.3 Å². The van der Waals surface area contributed by atoms with Gasteiger partial charge in [-0.15, -0.1) is 0 Å². The van der Waals surface area contributed by atoms with Crippen LogP contribution in [0.3, 0.4) is 0 Å². The standard InChI is InChI=1S/C16H13N3O4S/c20-14-9(10-1-2-12(15(21)22)19(10)14)5-8-6-18-11-3-4-23-7-13(11)24-16(18)17-8/h2,5-6,10H,1,3-4,7H2,(H,21,22). The van der Waals surface area contributed by atoms with Gasteiger partial charge in [-0.05, 0) is 12.5 Å². The number of ether oxygens (including phenoxy) is 1. The fourth-order valence-electron chi connectivity index (χ4n) is 3.56. The van der Waals surface area contributed by atoms with Gasteiger partial charge in [0.2, 0.25) is 0 Å². The topological polar surface area (TPSA) is 84.1 Å². The third-order valence-electron chi connectivity index (χ3n) is 4.69. The lowest BCUT2D eigenvalue weighted by atomic mass is 9.94. The molecule has 2 aromatic heterocycles. The van der Waals surface area contributed by atoms with Crippen LogP contribution in [0.4, 0.5) is 0 Å². The molecule has 24 heavy (non-hydrogen) atoms. The minimum atomic E-state index is -1.05. The Morgan fingerprint density at radius 2 is 2.38 bits per heavy atom. The summed E-state index contributed by atoms with van der Waals surface area (Å²) in [6.45, 7) is 1.35. The van der Waals surface area contributed by atoms with E-state index < -0.39 is 5.97 Å². The largest absolute Gasteiger partial charge is 0.477 e. The number of carbonyl (C=O) groups excluding carboxylic acids is 1. The number of hydrogen-bond donors (Lipinski definition) is 1. The highest BCUT2D eigenvalue weighted by molar-refractivity contribution is 7.17. The van der Waals surface area contributed by atoms with Crippen LogP contribution in [0, 0.1) is 0 Å². The minimum absolute atomic E-state index is 0.0852. The molecule has 2 aromatic rings. The van der Waals surface area contributed by atoms with Crippen LogP contribution in [0.25, 0.3) is 11.0 Å². The lowest BCUT2D eigenvalue weighted by Crippen LogP contribution is -2.52. The summed E-state index contributed by atoms with van der Waals surface area (Å²) in [5, 5.41) is 9.10. The van der Waals surface area contributed by atoms with E-state index >= 15 is 0 Å². The van der Waals surface area contributed by atoms with Crippen molar-refractivity contribution in [2.24, 2.45) is 0 Å². The van der Waals surface area contributed by atoms with E-state index in [0.717, 1.165) is 17.1 Å². The van der Waals surface area contributed by atoms with Gasteiger partial charge in [0.05, 0.1) is 29.8 Å². The van der Waals surface area contributed by atoms with Crippen LogP contribution in [0.1, 0.15) is 22.7 Å². The lowest BCUT2D eigenvalue weighted by Gasteiger charge is -2.38. The van der Waals surface area contributed by atoms with Gasteiger partial charge >= 0.3 is 5.97 Å². The van der Waals surface area contributed by atoms with E-state index in [1.807, 2.05) is 6.20 Å². The molecule has 3 aliphatic heterocycles. The predicted octanol–water partition coefficient (Wildman–Crippen LogP) is 1.43. The van der Waals surface area contributed by atoms with E-state index in [0.29, 0.717) is 25.2 Å². The molecule has 0 spiro atoms. The van der Waals surface area contributed by atoms with Gasteiger partial charge in [-0.2, -0.15) is 0 Å². The van der Waals surface area contributed by atoms with Crippen LogP contribution in [0.2, 0.25) is 0 Å². The monoisotopic (exact) mass is 343 g/mol. The van der Waals surface area contributed by atoms with Gasteiger partial charge in [-0.1, -0.05) is 17.4 Å². The summed E-state index contributed by atoms with van der Waals surface area (Å²) in [5.41, 5.74) is 2.69. The molecular weight excluding hydrogens is 330 g/mol. The Morgan fingerprint density at radius 1 is 1.50 bits per heavy atom. The Labute approximate surface area is 140 Å². The van der Waals surface area contributed by atoms with Crippen molar-refractivity contribution in [2.75, 3.05) is 6.61 Å². The van der Waals surface area contributed by atoms with E-state index in [1.165, 1.54) is 15.5 Å². The third kappa shape index (κ3) is 1.78. The lowest BCUT2D eigenvalue weighted by molar-refractivity contribution is -0.142. The molecule has 0 saturated carbocycles. The van der Waals surface area contributed by atoms with Gasteiger partial charge in [0.1, 0.15) is 5.70 Å². The van der Waals surface area contributed by atoms with Crippen molar-refractivity contribution < 1.29 is 19.4 Å². The smallest absolute Gasteiger partial charge is 0.352 e. The molecule has 122 valence electrons. The predicted molar refractivity (Wildman–Crippen MR) is 85.4 cm³/mol. The molecule has 1 unspecified atom stereocenters. The first-order valence-electron chi connectivity index (χ1n) is 7.69. The van der Waals surface area contributed by atoms with Crippen molar-refractivity contribution in [3.8, 4) is 0 Å². The normalized spacial score (nSPS) is 24.1. The van der Waals surface area contributed by atoms with E-state index in [2.05, 4.69) is 9.38 Å². The van der Waals surface area contributed by atoms with Gasteiger partial charge in [0, 0.05) is 23.9 Å². The first-order valence-corrected chi connectivity index (χ1v) is 8.51. The molecule has 3 aliphatic rings. The number of β-lactam (4-membered cyclic amide) rings is 1. The fourth-order valence-corrected chi connectivity index (χ4v) is 4.65. The zero-order chi connectivity index (χ0) is 16.4. The Kier molecular flexibility index (Phi) is 2.77. The molecular formula is C16H13N3O4S. The zero-order valence-corrected chi connectivity index (χ0v) is 13.4. The van der Waals surface area contributed by atoms with Gasteiger partial charge in [0.25, 0.3) is 5.91 Å². The average molecular weight is 343 g/mol. The van der Waals surface area contributed by atoms with Crippen LogP contribution in [-0.4, -0.2) is 43.9 Å². The second-order valence-corrected chi connectivity index (χ2v) is 7.08. The Hall–Kier alpha value is -2.45. The highest BCUT2D eigenvalue weighted by Crippen LogP contribution is 2.39. The summed E-state index contributed by atoms with van der Waals surface area (Å²) in [5.74, 6) is -1.29.